The van der Waals surface area contributed by atoms with Crippen molar-refractivity contribution in [1.82, 2.24) is 10.3 Å². The number of thiazole rings is 1. The van der Waals surface area contributed by atoms with Crippen LogP contribution in [-0.2, 0) is 19.5 Å². The molecule has 1 aromatic heterocycles. The van der Waals surface area contributed by atoms with Gasteiger partial charge in [0.05, 0.1) is 5.69 Å². The van der Waals surface area contributed by atoms with E-state index in [-0.39, 0.29) is 0 Å². The van der Waals surface area contributed by atoms with Crippen molar-refractivity contribution in [2.75, 3.05) is 18.5 Å². The smallest absolute Gasteiger partial charge is 0.186 e. The Balaban J connectivity index is 1.72. The Kier molecular flexibility index (Phi) is 3.30. The van der Waals surface area contributed by atoms with E-state index in [1.165, 1.54) is 16.8 Å². The average Bonchev–Trinajstić information content (AvgIpc) is 3.02. The van der Waals surface area contributed by atoms with E-state index < -0.39 is 0 Å². The van der Waals surface area contributed by atoms with Gasteiger partial charge in [-0.15, -0.1) is 11.3 Å². The maximum Gasteiger partial charge on any atom is 0.186 e. The Hall–Kier alpha value is -1.39. The fourth-order valence-corrected chi connectivity index (χ4v) is 3.14. The van der Waals surface area contributed by atoms with Crippen LogP contribution < -0.4 is 10.2 Å². The first-order valence-electron chi connectivity index (χ1n) is 6.27. The summed E-state index contributed by atoms with van der Waals surface area (Å²) in [7, 11) is 1.98. The van der Waals surface area contributed by atoms with Crippen LogP contribution >= 0.6 is 11.3 Å². The van der Waals surface area contributed by atoms with Crippen molar-refractivity contribution in [1.29, 1.82) is 0 Å². The summed E-state index contributed by atoms with van der Waals surface area (Å²) in [4.78, 5) is 7.08. The van der Waals surface area contributed by atoms with E-state index >= 15 is 0 Å². The zero-order valence-electron chi connectivity index (χ0n) is 10.5. The van der Waals surface area contributed by atoms with Crippen molar-refractivity contribution in [2.24, 2.45) is 0 Å². The van der Waals surface area contributed by atoms with Crippen LogP contribution in [0.5, 0.6) is 0 Å². The van der Waals surface area contributed by atoms with Gasteiger partial charge in [0.25, 0.3) is 0 Å². The second kappa shape index (κ2) is 5.08. The Morgan fingerprint density at radius 1 is 1.28 bits per heavy atom. The number of benzene rings is 1. The minimum atomic E-state index is 0.989. The molecule has 0 saturated heterocycles. The highest BCUT2D eigenvalue weighted by molar-refractivity contribution is 7.13. The lowest BCUT2D eigenvalue weighted by Crippen LogP contribution is -2.14. The molecule has 94 valence electrons. The molecule has 2 heterocycles. The molecule has 0 aliphatic carbocycles. The number of nitrogens with zero attached hydrogens (tertiary/aromatic N) is 2. The molecule has 0 saturated carbocycles. The summed E-state index contributed by atoms with van der Waals surface area (Å²) in [6, 6.07) is 8.65. The third-order valence-corrected chi connectivity index (χ3v) is 4.23. The number of fused-ring (bicyclic) bond motifs is 1. The van der Waals surface area contributed by atoms with Gasteiger partial charge in [0.2, 0.25) is 0 Å². The summed E-state index contributed by atoms with van der Waals surface area (Å²) in [5, 5.41) is 6.49. The van der Waals surface area contributed by atoms with Crippen LogP contribution in [-0.4, -0.2) is 18.6 Å². The van der Waals surface area contributed by atoms with Crippen LogP contribution in [0.4, 0.5) is 5.13 Å². The lowest BCUT2D eigenvalue weighted by atomic mass is 10.1. The van der Waals surface area contributed by atoms with E-state index in [0.717, 1.165) is 31.2 Å². The molecule has 1 aliphatic heterocycles. The van der Waals surface area contributed by atoms with Gasteiger partial charge in [-0.2, -0.15) is 0 Å². The van der Waals surface area contributed by atoms with E-state index in [0.29, 0.717) is 0 Å². The number of rotatable bonds is 4. The molecule has 0 amide bonds. The lowest BCUT2D eigenvalue weighted by molar-refractivity contribution is 0.776. The van der Waals surface area contributed by atoms with E-state index in [2.05, 4.69) is 39.9 Å². The monoisotopic (exact) mass is 259 g/mol. The molecular formula is C14H17N3S. The zero-order chi connectivity index (χ0) is 12.4. The molecule has 3 nitrogen and oxygen atoms in total. The Morgan fingerprint density at radius 3 is 2.67 bits per heavy atom. The van der Waals surface area contributed by atoms with Gasteiger partial charge < -0.3 is 10.2 Å². The van der Waals surface area contributed by atoms with Crippen molar-refractivity contribution in [3.63, 3.8) is 0 Å². The van der Waals surface area contributed by atoms with Gasteiger partial charge in [0, 0.05) is 31.4 Å². The number of likely N-dealkylation sites (N-methyl/N-ethyl adjacent to an activating group) is 1. The van der Waals surface area contributed by atoms with Crippen LogP contribution in [0.2, 0.25) is 0 Å². The minimum Gasteiger partial charge on any atom is -0.339 e. The molecular weight excluding hydrogens is 242 g/mol. The van der Waals surface area contributed by atoms with Gasteiger partial charge >= 0.3 is 0 Å². The highest BCUT2D eigenvalue weighted by atomic mass is 32.1. The second-order valence-corrected chi connectivity index (χ2v) is 5.44. The Morgan fingerprint density at radius 2 is 2.00 bits per heavy atom. The van der Waals surface area contributed by atoms with Crippen molar-refractivity contribution in [2.45, 2.75) is 19.5 Å². The molecule has 0 bridgehead atoms. The quantitative estimate of drug-likeness (QED) is 0.914. The van der Waals surface area contributed by atoms with E-state index in [1.807, 2.05) is 7.05 Å². The van der Waals surface area contributed by atoms with Gasteiger partial charge in [-0.05, 0) is 18.2 Å². The van der Waals surface area contributed by atoms with Gasteiger partial charge in [0.15, 0.2) is 5.13 Å². The van der Waals surface area contributed by atoms with Crippen LogP contribution in [0, 0.1) is 0 Å². The maximum atomic E-state index is 4.72. The lowest BCUT2D eigenvalue weighted by Gasteiger charge is -2.12. The third-order valence-electron chi connectivity index (χ3n) is 3.28. The Labute approximate surface area is 111 Å². The van der Waals surface area contributed by atoms with E-state index in [9.17, 15) is 0 Å². The van der Waals surface area contributed by atoms with Gasteiger partial charge in [0.1, 0.15) is 0 Å². The molecule has 0 atom stereocenters. The van der Waals surface area contributed by atoms with Crippen molar-refractivity contribution in [3.8, 4) is 0 Å². The highest BCUT2D eigenvalue weighted by Gasteiger charge is 2.20. The van der Waals surface area contributed by atoms with Crippen molar-refractivity contribution >= 4 is 16.5 Å². The molecule has 1 aliphatic rings. The predicted octanol–water partition coefficient (Wildman–Crippen LogP) is 2.43. The standard InChI is InChI=1S/C14H17N3S/c1-15-7-6-13-10-18-14(16-13)17-8-11-4-2-3-5-12(11)9-17/h2-5,10,15H,6-9H2,1H3. The number of hydrogen-bond donors (Lipinski definition) is 1. The van der Waals surface area contributed by atoms with Crippen molar-refractivity contribution in [3.05, 3.63) is 46.5 Å². The summed E-state index contributed by atoms with van der Waals surface area (Å²) in [5.41, 5.74) is 4.06. The summed E-state index contributed by atoms with van der Waals surface area (Å²) < 4.78 is 0. The first kappa shape index (κ1) is 11.7. The first-order chi connectivity index (χ1) is 8.86. The summed E-state index contributed by atoms with van der Waals surface area (Å²) in [5.74, 6) is 0. The molecule has 0 unspecified atom stereocenters. The second-order valence-electron chi connectivity index (χ2n) is 4.60. The predicted molar refractivity (Wildman–Crippen MR) is 76.1 cm³/mol. The topological polar surface area (TPSA) is 28.2 Å². The van der Waals surface area contributed by atoms with Gasteiger partial charge in [-0.1, -0.05) is 24.3 Å². The van der Waals surface area contributed by atoms with Crippen molar-refractivity contribution < 1.29 is 0 Å². The number of anilines is 1. The van der Waals surface area contributed by atoms with Crippen LogP contribution in [0.15, 0.2) is 29.6 Å². The molecule has 1 aromatic carbocycles. The average molecular weight is 259 g/mol. The fourth-order valence-electron chi connectivity index (χ4n) is 2.28. The van der Waals surface area contributed by atoms with E-state index in [4.69, 9.17) is 4.98 Å². The molecule has 18 heavy (non-hydrogen) atoms. The molecule has 4 heteroatoms. The van der Waals surface area contributed by atoms with Crippen LogP contribution in [0.3, 0.4) is 0 Å². The molecule has 0 fully saturated rings. The summed E-state index contributed by atoms with van der Waals surface area (Å²) in [6.45, 7) is 2.98. The Bertz CT molecular complexity index is 510. The zero-order valence-corrected chi connectivity index (χ0v) is 11.3. The normalized spacial score (nSPS) is 13.9. The third kappa shape index (κ3) is 2.26. The minimum absolute atomic E-state index is 0.989. The van der Waals surface area contributed by atoms with E-state index in [1.54, 1.807) is 11.3 Å². The van der Waals surface area contributed by atoms with Gasteiger partial charge in [-0.25, -0.2) is 4.98 Å². The number of nitrogens with one attached hydrogen (secondary N) is 1. The molecule has 0 spiro atoms. The number of hydrogen-bond acceptors (Lipinski definition) is 4. The first-order valence-corrected chi connectivity index (χ1v) is 7.15. The SMILES string of the molecule is CNCCc1csc(N2Cc3ccccc3C2)n1. The number of aromatic nitrogens is 1. The fraction of sp³-hybridized carbons (Fsp3) is 0.357. The summed E-state index contributed by atoms with van der Waals surface area (Å²) >= 11 is 1.75. The largest absolute Gasteiger partial charge is 0.339 e. The molecule has 0 radical (unpaired) electrons. The maximum absolute atomic E-state index is 4.72. The van der Waals surface area contributed by atoms with Crippen LogP contribution in [0.1, 0.15) is 16.8 Å². The van der Waals surface area contributed by atoms with Gasteiger partial charge in [-0.3, -0.25) is 0 Å². The molecule has 1 N–H and O–H groups in total. The van der Waals surface area contributed by atoms with Crippen LogP contribution in [0.25, 0.3) is 0 Å². The highest BCUT2D eigenvalue weighted by Crippen LogP contribution is 2.30. The molecule has 2 aromatic rings. The molecule has 3 rings (SSSR count). The summed E-state index contributed by atoms with van der Waals surface area (Å²) in [6.07, 6.45) is 1.01.